The van der Waals surface area contributed by atoms with Crippen molar-refractivity contribution in [2.24, 2.45) is 0 Å². The van der Waals surface area contributed by atoms with Crippen molar-refractivity contribution < 1.29 is 28.5 Å². The Labute approximate surface area is 219 Å². The average molecular weight is 511 g/mol. The van der Waals surface area contributed by atoms with E-state index in [2.05, 4.69) is 41.7 Å². The van der Waals surface area contributed by atoms with Crippen LogP contribution in [0.5, 0.6) is 0 Å². The Morgan fingerprint density at radius 1 is 0.892 bits per heavy atom. The zero-order valence-corrected chi connectivity index (χ0v) is 22.0. The number of benzene rings is 2. The number of nitrogens with one attached hydrogen (secondary N) is 1. The minimum atomic E-state index is -0.488. The lowest BCUT2D eigenvalue weighted by Gasteiger charge is -2.42. The number of ether oxygens (including phenoxy) is 5. The van der Waals surface area contributed by atoms with E-state index in [1.54, 1.807) is 4.90 Å². The number of likely N-dealkylation sites (tertiary alicyclic amines) is 1. The standard InChI is InChI=1S/C17H23NO4.C12H15NO2/c1-16(2,3)22-15(19)18-10-9-17(13-7-5-4-6-8-13)14(11-18)20-12-21-17;1-2-4-10(5-3-1)12-6-7-13-8-11(12)14-9-15-12/h4-8,14H,9-12H2,1-3H3;1-5,11,13H,6-9H2/t14-,17-;11-,12-/m11/s1. The Balaban J connectivity index is 0.000000162. The van der Waals surface area contributed by atoms with E-state index < -0.39 is 11.2 Å². The van der Waals surface area contributed by atoms with Crippen LogP contribution in [-0.4, -0.2) is 68.6 Å². The number of hydrogen-bond acceptors (Lipinski definition) is 7. The van der Waals surface area contributed by atoms with Crippen molar-refractivity contribution in [1.82, 2.24) is 10.2 Å². The van der Waals surface area contributed by atoms with Gasteiger partial charge in [0.1, 0.15) is 42.6 Å². The number of rotatable bonds is 2. The van der Waals surface area contributed by atoms with Crippen LogP contribution in [0.3, 0.4) is 0 Å². The van der Waals surface area contributed by atoms with Crippen molar-refractivity contribution >= 4 is 6.09 Å². The molecular formula is C29H38N2O6. The fraction of sp³-hybridized carbons (Fsp3) is 0.552. The van der Waals surface area contributed by atoms with Crippen LogP contribution in [0.4, 0.5) is 4.79 Å². The zero-order chi connectivity index (χ0) is 25.9. The minimum Gasteiger partial charge on any atom is -0.444 e. The maximum Gasteiger partial charge on any atom is 0.410 e. The van der Waals surface area contributed by atoms with Gasteiger partial charge in [0, 0.05) is 19.5 Å². The Morgan fingerprint density at radius 2 is 1.46 bits per heavy atom. The molecule has 8 heteroatoms. The molecule has 1 N–H and O–H groups in total. The summed E-state index contributed by atoms with van der Waals surface area (Å²) in [6.45, 7) is 9.27. The van der Waals surface area contributed by atoms with Gasteiger partial charge in [-0.1, -0.05) is 60.7 Å². The van der Waals surface area contributed by atoms with Crippen LogP contribution in [0, 0.1) is 0 Å². The summed E-state index contributed by atoms with van der Waals surface area (Å²) in [6, 6.07) is 20.5. The maximum atomic E-state index is 12.3. The Morgan fingerprint density at radius 3 is 2.05 bits per heavy atom. The molecule has 4 heterocycles. The van der Waals surface area contributed by atoms with E-state index in [4.69, 9.17) is 23.7 Å². The third kappa shape index (κ3) is 5.40. The molecule has 0 unspecified atom stereocenters. The SMILES string of the molecule is CC(C)(C)OC(=O)N1CC[C@]2(c3ccccc3)OCO[C@@H]2C1.c1ccc([C@]23CCNC[C@H]2OCO3)cc1. The van der Waals surface area contributed by atoms with Crippen molar-refractivity contribution in [3.8, 4) is 0 Å². The van der Waals surface area contributed by atoms with Gasteiger partial charge in [-0.05, 0) is 44.9 Å². The first-order chi connectivity index (χ1) is 17.8. The highest BCUT2D eigenvalue weighted by molar-refractivity contribution is 5.68. The van der Waals surface area contributed by atoms with Gasteiger partial charge in [-0.15, -0.1) is 0 Å². The summed E-state index contributed by atoms with van der Waals surface area (Å²) in [7, 11) is 0. The van der Waals surface area contributed by atoms with E-state index in [9.17, 15) is 4.79 Å². The van der Waals surface area contributed by atoms with Crippen LogP contribution in [0.1, 0.15) is 44.7 Å². The molecule has 0 radical (unpaired) electrons. The lowest BCUT2D eigenvalue weighted by molar-refractivity contribution is -0.0537. The predicted octanol–water partition coefficient (Wildman–Crippen LogP) is 4.14. The van der Waals surface area contributed by atoms with E-state index in [-0.39, 0.29) is 30.7 Å². The lowest BCUT2D eigenvalue weighted by atomic mass is 9.82. The number of fused-ring (bicyclic) bond motifs is 2. The zero-order valence-electron chi connectivity index (χ0n) is 22.0. The van der Waals surface area contributed by atoms with Crippen molar-refractivity contribution in [2.75, 3.05) is 39.8 Å². The predicted molar refractivity (Wildman–Crippen MR) is 138 cm³/mol. The summed E-state index contributed by atoms with van der Waals surface area (Å²) < 4.78 is 28.7. The molecule has 8 nitrogen and oxygen atoms in total. The molecule has 1 amide bonds. The van der Waals surface area contributed by atoms with Crippen molar-refractivity contribution in [3.05, 3.63) is 71.8 Å². The number of piperidine rings is 2. The molecule has 4 atom stereocenters. The largest absolute Gasteiger partial charge is 0.444 e. The van der Waals surface area contributed by atoms with Gasteiger partial charge < -0.3 is 33.9 Å². The average Bonchev–Trinajstić information content (AvgIpc) is 3.54. The van der Waals surface area contributed by atoms with E-state index in [1.165, 1.54) is 5.56 Å². The van der Waals surface area contributed by atoms with E-state index in [1.807, 2.05) is 45.0 Å². The van der Waals surface area contributed by atoms with Crippen LogP contribution < -0.4 is 5.32 Å². The van der Waals surface area contributed by atoms with Gasteiger partial charge in [-0.3, -0.25) is 0 Å². The molecule has 2 aromatic rings. The van der Waals surface area contributed by atoms with E-state index >= 15 is 0 Å². The number of carbonyl (C=O) groups is 1. The molecule has 0 spiro atoms. The van der Waals surface area contributed by atoms with Gasteiger partial charge in [0.05, 0.1) is 6.54 Å². The summed E-state index contributed by atoms with van der Waals surface area (Å²) in [6.07, 6.45) is 1.41. The first-order valence-electron chi connectivity index (χ1n) is 13.1. The molecule has 4 fully saturated rings. The molecule has 4 saturated heterocycles. The van der Waals surface area contributed by atoms with Crippen molar-refractivity contribution in [3.63, 3.8) is 0 Å². The van der Waals surface area contributed by atoms with Gasteiger partial charge in [-0.25, -0.2) is 4.79 Å². The second-order valence-electron chi connectivity index (χ2n) is 11.0. The number of hydrogen-bond donors (Lipinski definition) is 1. The maximum absolute atomic E-state index is 12.3. The first-order valence-corrected chi connectivity index (χ1v) is 13.1. The molecule has 0 saturated carbocycles. The number of nitrogens with zero attached hydrogens (tertiary/aromatic N) is 1. The third-order valence-electron chi connectivity index (χ3n) is 7.53. The molecule has 37 heavy (non-hydrogen) atoms. The smallest absolute Gasteiger partial charge is 0.410 e. The van der Waals surface area contributed by atoms with E-state index in [0.717, 1.165) is 25.1 Å². The van der Waals surface area contributed by atoms with Gasteiger partial charge >= 0.3 is 6.09 Å². The first kappa shape index (κ1) is 26.1. The highest BCUT2D eigenvalue weighted by Crippen LogP contribution is 2.43. The Hall–Kier alpha value is -2.49. The number of carbonyl (C=O) groups excluding carboxylic acids is 1. The van der Waals surface area contributed by atoms with Crippen LogP contribution >= 0.6 is 0 Å². The van der Waals surface area contributed by atoms with Crippen molar-refractivity contribution in [2.45, 2.75) is 62.6 Å². The summed E-state index contributed by atoms with van der Waals surface area (Å²) in [5, 5.41) is 3.35. The lowest BCUT2D eigenvalue weighted by Crippen LogP contribution is -2.54. The fourth-order valence-corrected chi connectivity index (χ4v) is 5.65. The Kier molecular flexibility index (Phi) is 7.56. The fourth-order valence-electron chi connectivity index (χ4n) is 5.65. The summed E-state index contributed by atoms with van der Waals surface area (Å²) in [4.78, 5) is 14.0. The molecular weight excluding hydrogens is 472 g/mol. The second-order valence-corrected chi connectivity index (χ2v) is 11.0. The highest BCUT2D eigenvalue weighted by atomic mass is 16.7. The number of amides is 1. The Bertz CT molecular complexity index is 1050. The topological polar surface area (TPSA) is 78.5 Å². The molecule has 4 aliphatic heterocycles. The minimum absolute atomic E-state index is 0.156. The van der Waals surface area contributed by atoms with Crippen LogP contribution in [-0.2, 0) is 34.9 Å². The molecule has 0 aromatic heterocycles. The normalized spacial score (nSPS) is 31.1. The molecule has 6 rings (SSSR count). The summed E-state index contributed by atoms with van der Waals surface area (Å²) in [5.74, 6) is 0. The molecule has 0 aliphatic carbocycles. The summed E-state index contributed by atoms with van der Waals surface area (Å²) in [5.41, 5.74) is 1.22. The van der Waals surface area contributed by atoms with Crippen LogP contribution in [0.15, 0.2) is 60.7 Å². The monoisotopic (exact) mass is 510 g/mol. The van der Waals surface area contributed by atoms with Crippen LogP contribution in [0.25, 0.3) is 0 Å². The third-order valence-corrected chi connectivity index (χ3v) is 7.53. The molecule has 4 aliphatic rings. The summed E-state index contributed by atoms with van der Waals surface area (Å²) >= 11 is 0. The van der Waals surface area contributed by atoms with Gasteiger partial charge in [0.25, 0.3) is 0 Å². The quantitative estimate of drug-likeness (QED) is 0.651. The van der Waals surface area contributed by atoms with Gasteiger partial charge in [-0.2, -0.15) is 0 Å². The van der Waals surface area contributed by atoms with Gasteiger partial charge in [0.2, 0.25) is 0 Å². The molecule has 0 bridgehead atoms. The second kappa shape index (κ2) is 10.7. The molecule has 2 aromatic carbocycles. The highest BCUT2D eigenvalue weighted by Gasteiger charge is 2.51. The van der Waals surface area contributed by atoms with Crippen molar-refractivity contribution in [1.29, 1.82) is 0 Å². The van der Waals surface area contributed by atoms with Crippen LogP contribution in [0.2, 0.25) is 0 Å². The molecule has 200 valence electrons. The van der Waals surface area contributed by atoms with E-state index in [0.29, 0.717) is 26.3 Å². The van der Waals surface area contributed by atoms with Gasteiger partial charge in [0.15, 0.2) is 0 Å².